The molecule has 2 heterocycles. The Morgan fingerprint density at radius 2 is 1.00 bits per heavy atom. The topological polar surface area (TPSA) is 43.4 Å². The van der Waals surface area contributed by atoms with Crippen LogP contribution in [0.25, 0.3) is 65.2 Å². The maximum absolute atomic E-state index is 13.6. The minimum absolute atomic E-state index is 0.315. The van der Waals surface area contributed by atoms with Gasteiger partial charge in [-0.15, -0.1) is 0 Å². The Kier molecular flexibility index (Phi) is 3.49. The van der Waals surface area contributed by atoms with Gasteiger partial charge in [-0.1, -0.05) is 72.8 Å². The van der Waals surface area contributed by atoms with Crippen LogP contribution in [0.4, 0.5) is 0 Å². The second-order valence-corrected chi connectivity index (χ2v) is 9.40. The largest absolute Gasteiger partial charge is 0.454 e. The van der Waals surface area contributed by atoms with Crippen molar-refractivity contribution in [3.05, 3.63) is 94.3 Å². The second kappa shape index (κ2) is 6.48. The molecule has 0 fully saturated rings. The summed E-state index contributed by atoms with van der Waals surface area (Å²) < 4.78 is 12.9. The standard InChI is InChI=1S/C31H20O3/c32-31-27-25-21-13-5-1-9-17(21)19-11-3-7-15-23(19)28(25)33-30(27)26-22-14-6-2-10-18(22)20-12-4-8-16-24(20)29(26)34-31/h2-4,6-8,10-12,14-16H,1,5,9,13H2. The van der Waals surface area contributed by atoms with Gasteiger partial charge in [-0.25, -0.2) is 4.79 Å². The molecule has 1 aliphatic carbocycles. The summed E-state index contributed by atoms with van der Waals surface area (Å²) in [5, 5.41) is 8.93. The maximum Gasteiger partial charge on any atom is 0.348 e. The molecule has 34 heavy (non-hydrogen) atoms. The number of benzene rings is 5. The predicted molar refractivity (Wildman–Crippen MR) is 139 cm³/mol. The molecule has 5 aromatic carbocycles. The van der Waals surface area contributed by atoms with Gasteiger partial charge in [-0.3, -0.25) is 0 Å². The zero-order chi connectivity index (χ0) is 22.4. The normalized spacial score (nSPS) is 14.1. The molecule has 0 N–H and O–H groups in total. The number of hydrogen-bond donors (Lipinski definition) is 0. The van der Waals surface area contributed by atoms with Gasteiger partial charge in [0.1, 0.15) is 11.0 Å². The molecule has 3 nitrogen and oxygen atoms in total. The molecule has 0 spiro atoms. The lowest BCUT2D eigenvalue weighted by molar-refractivity contribution is 0.570. The molecule has 0 saturated heterocycles. The highest BCUT2D eigenvalue weighted by Crippen LogP contribution is 2.45. The van der Waals surface area contributed by atoms with Gasteiger partial charge >= 0.3 is 5.63 Å². The average Bonchev–Trinajstić information content (AvgIpc) is 3.31. The maximum atomic E-state index is 13.6. The second-order valence-electron chi connectivity index (χ2n) is 9.40. The Labute approximate surface area is 194 Å². The smallest absolute Gasteiger partial charge is 0.348 e. The van der Waals surface area contributed by atoms with Crippen molar-refractivity contribution in [3.8, 4) is 0 Å². The SMILES string of the molecule is O=c1oc2c3ccccc3c3ccccc3c2c2oc3c4ccccc4c4c(c3c12)CCCC4. The van der Waals surface area contributed by atoms with E-state index in [-0.39, 0.29) is 5.63 Å². The first-order valence-corrected chi connectivity index (χ1v) is 12.0. The van der Waals surface area contributed by atoms with Crippen LogP contribution in [0.5, 0.6) is 0 Å². The Hall–Kier alpha value is -4.11. The number of furan rings is 1. The van der Waals surface area contributed by atoms with Crippen LogP contribution in [0.3, 0.4) is 0 Å². The molecule has 3 heteroatoms. The van der Waals surface area contributed by atoms with Crippen molar-refractivity contribution in [2.45, 2.75) is 25.7 Å². The van der Waals surface area contributed by atoms with E-state index in [9.17, 15) is 4.79 Å². The highest BCUT2D eigenvalue weighted by Gasteiger charge is 2.26. The summed E-state index contributed by atoms with van der Waals surface area (Å²) in [7, 11) is 0. The fraction of sp³-hybridized carbons (Fsp3) is 0.129. The molecule has 0 unspecified atom stereocenters. The lowest BCUT2D eigenvalue weighted by Crippen LogP contribution is -2.06. The van der Waals surface area contributed by atoms with Crippen LogP contribution in [0.15, 0.2) is 86.4 Å². The Balaban J connectivity index is 1.73. The molecule has 0 bridgehead atoms. The van der Waals surface area contributed by atoms with Gasteiger partial charge in [0.15, 0.2) is 11.2 Å². The summed E-state index contributed by atoms with van der Waals surface area (Å²) in [6.45, 7) is 0. The zero-order valence-corrected chi connectivity index (χ0v) is 18.5. The zero-order valence-electron chi connectivity index (χ0n) is 18.5. The predicted octanol–water partition coefficient (Wildman–Crippen LogP) is 8.03. The summed E-state index contributed by atoms with van der Waals surface area (Å²) in [5.74, 6) is 0. The molecule has 0 aliphatic heterocycles. The van der Waals surface area contributed by atoms with E-state index in [1.165, 1.54) is 22.9 Å². The van der Waals surface area contributed by atoms with E-state index in [1.807, 2.05) is 30.3 Å². The van der Waals surface area contributed by atoms with Crippen molar-refractivity contribution in [2.24, 2.45) is 0 Å². The van der Waals surface area contributed by atoms with Crippen molar-refractivity contribution in [1.29, 1.82) is 0 Å². The van der Waals surface area contributed by atoms with Crippen molar-refractivity contribution >= 4 is 65.2 Å². The summed E-state index contributed by atoms with van der Waals surface area (Å²) in [5.41, 5.74) is 4.36. The molecule has 7 aromatic rings. The lowest BCUT2D eigenvalue weighted by Gasteiger charge is -2.19. The van der Waals surface area contributed by atoms with Gasteiger partial charge in [0.25, 0.3) is 0 Å². The van der Waals surface area contributed by atoms with Gasteiger partial charge in [0.2, 0.25) is 0 Å². The highest BCUT2D eigenvalue weighted by atomic mass is 16.4. The molecule has 162 valence electrons. The van der Waals surface area contributed by atoms with E-state index in [0.29, 0.717) is 16.6 Å². The fourth-order valence-corrected chi connectivity index (χ4v) is 6.29. The van der Waals surface area contributed by atoms with Crippen LogP contribution >= 0.6 is 0 Å². The van der Waals surface area contributed by atoms with E-state index in [2.05, 4.69) is 42.5 Å². The van der Waals surface area contributed by atoms with Crippen molar-refractivity contribution in [1.82, 2.24) is 0 Å². The van der Waals surface area contributed by atoms with Crippen LogP contribution < -0.4 is 5.63 Å². The molecule has 8 rings (SSSR count). The molecular formula is C31H20O3. The van der Waals surface area contributed by atoms with E-state index < -0.39 is 0 Å². The monoisotopic (exact) mass is 440 g/mol. The van der Waals surface area contributed by atoms with Crippen LogP contribution in [-0.4, -0.2) is 0 Å². The van der Waals surface area contributed by atoms with Gasteiger partial charge in [-0.2, -0.15) is 0 Å². The number of fused-ring (bicyclic) bond motifs is 15. The summed E-state index contributed by atoms with van der Waals surface area (Å²) in [6.07, 6.45) is 4.29. The van der Waals surface area contributed by atoms with E-state index >= 15 is 0 Å². The van der Waals surface area contributed by atoms with Crippen molar-refractivity contribution in [2.75, 3.05) is 0 Å². The fourth-order valence-electron chi connectivity index (χ4n) is 6.29. The minimum Gasteiger partial charge on any atom is -0.454 e. The first-order chi connectivity index (χ1) is 16.8. The van der Waals surface area contributed by atoms with Gasteiger partial charge in [-0.05, 0) is 58.4 Å². The quantitative estimate of drug-likeness (QED) is 0.177. The molecule has 1 aliphatic rings. The Bertz CT molecular complexity index is 2040. The number of hydrogen-bond acceptors (Lipinski definition) is 3. The molecule has 0 saturated carbocycles. The van der Waals surface area contributed by atoms with Gasteiger partial charge in [0.05, 0.1) is 5.39 Å². The highest BCUT2D eigenvalue weighted by molar-refractivity contribution is 6.31. The van der Waals surface area contributed by atoms with Gasteiger partial charge < -0.3 is 8.83 Å². The summed E-state index contributed by atoms with van der Waals surface area (Å²) in [4.78, 5) is 13.6. The van der Waals surface area contributed by atoms with Crippen LogP contribution in [-0.2, 0) is 12.8 Å². The molecule has 0 atom stereocenters. The number of rotatable bonds is 0. The Morgan fingerprint density at radius 3 is 1.74 bits per heavy atom. The first kappa shape index (κ1) is 18.3. The lowest BCUT2D eigenvalue weighted by atomic mass is 9.84. The average molecular weight is 440 g/mol. The van der Waals surface area contributed by atoms with Crippen molar-refractivity contribution in [3.63, 3.8) is 0 Å². The molecule has 0 radical (unpaired) electrons. The first-order valence-electron chi connectivity index (χ1n) is 12.0. The summed E-state index contributed by atoms with van der Waals surface area (Å²) >= 11 is 0. The molecule has 0 amide bonds. The third kappa shape index (κ3) is 2.19. The third-order valence-electron chi connectivity index (χ3n) is 7.69. The van der Waals surface area contributed by atoms with E-state index in [0.717, 1.165) is 62.5 Å². The molecule has 2 aromatic heterocycles. The van der Waals surface area contributed by atoms with E-state index in [4.69, 9.17) is 8.83 Å². The summed E-state index contributed by atoms with van der Waals surface area (Å²) in [6, 6.07) is 24.9. The van der Waals surface area contributed by atoms with Crippen LogP contribution in [0.1, 0.15) is 24.0 Å². The van der Waals surface area contributed by atoms with Crippen LogP contribution in [0.2, 0.25) is 0 Å². The Morgan fingerprint density at radius 1 is 0.471 bits per heavy atom. The van der Waals surface area contributed by atoms with Gasteiger partial charge in [0, 0.05) is 16.2 Å². The van der Waals surface area contributed by atoms with E-state index in [1.54, 1.807) is 0 Å². The van der Waals surface area contributed by atoms with Crippen molar-refractivity contribution < 1.29 is 8.83 Å². The minimum atomic E-state index is -0.315. The third-order valence-corrected chi connectivity index (χ3v) is 7.69. The number of aryl methyl sites for hydroxylation is 2. The van der Waals surface area contributed by atoms with Crippen LogP contribution in [0, 0.1) is 0 Å². The molecular weight excluding hydrogens is 420 g/mol.